The van der Waals surface area contributed by atoms with Crippen LogP contribution in [0.5, 0.6) is 11.5 Å². The summed E-state index contributed by atoms with van der Waals surface area (Å²) in [6, 6.07) is 14.3. The zero-order valence-corrected chi connectivity index (χ0v) is 20.7. The molecule has 11 heteroatoms. The second-order valence-corrected chi connectivity index (χ2v) is 9.87. The van der Waals surface area contributed by atoms with Crippen molar-refractivity contribution in [1.29, 1.82) is 0 Å². The molecule has 0 saturated carbocycles. The lowest BCUT2D eigenvalue weighted by Crippen LogP contribution is -2.38. The van der Waals surface area contributed by atoms with Crippen LogP contribution in [0, 0.1) is 5.82 Å². The van der Waals surface area contributed by atoms with Gasteiger partial charge in [0.25, 0.3) is 10.0 Å². The molecule has 0 unspecified atom stereocenters. The van der Waals surface area contributed by atoms with E-state index in [0.717, 1.165) is 20.9 Å². The molecule has 33 heavy (non-hydrogen) atoms. The molecule has 3 aromatic rings. The maximum atomic E-state index is 13.7. The van der Waals surface area contributed by atoms with Crippen LogP contribution < -0.4 is 19.1 Å². The highest BCUT2D eigenvalue weighted by Gasteiger charge is 2.29. The molecule has 0 aliphatic carbocycles. The molecule has 3 rings (SSSR count). The van der Waals surface area contributed by atoms with E-state index < -0.39 is 28.3 Å². The molecular weight excluding hydrogens is 539 g/mol. The third kappa shape index (κ3) is 5.76. The monoisotopic (exact) mass is 556 g/mol. The Morgan fingerprint density at radius 2 is 1.79 bits per heavy atom. The minimum Gasteiger partial charge on any atom is -0.493 e. The van der Waals surface area contributed by atoms with Crippen molar-refractivity contribution < 1.29 is 27.1 Å². The summed E-state index contributed by atoms with van der Waals surface area (Å²) >= 11 is 9.20. The van der Waals surface area contributed by atoms with E-state index in [1.165, 1.54) is 38.5 Å². The number of hydrogen-bond donors (Lipinski definition) is 1. The number of amides is 1. The summed E-state index contributed by atoms with van der Waals surface area (Å²) < 4.78 is 52.8. The number of anilines is 2. The van der Waals surface area contributed by atoms with Gasteiger partial charge in [-0.25, -0.2) is 12.8 Å². The highest BCUT2D eigenvalue weighted by atomic mass is 79.9. The number of rotatable bonds is 8. The summed E-state index contributed by atoms with van der Waals surface area (Å²) in [7, 11) is -1.50. The third-order valence-electron chi connectivity index (χ3n) is 4.53. The topological polar surface area (TPSA) is 84.9 Å². The first-order valence-electron chi connectivity index (χ1n) is 9.41. The first-order valence-corrected chi connectivity index (χ1v) is 12.0. The van der Waals surface area contributed by atoms with Gasteiger partial charge in [0.15, 0.2) is 11.5 Å². The lowest BCUT2D eigenvalue weighted by atomic mass is 10.3. The van der Waals surface area contributed by atoms with E-state index in [9.17, 15) is 17.6 Å². The fraction of sp³-hybridized carbons (Fsp3) is 0.136. The SMILES string of the molecule is COc1ccc(S(=O)(=O)N(CC(=O)Nc2cccc(Br)c2)c2ccc(F)c(Cl)c2)cc1OC. The van der Waals surface area contributed by atoms with Crippen molar-refractivity contribution in [2.24, 2.45) is 0 Å². The van der Waals surface area contributed by atoms with Gasteiger partial charge in [-0.2, -0.15) is 0 Å². The van der Waals surface area contributed by atoms with Crippen LogP contribution in [0.1, 0.15) is 0 Å². The van der Waals surface area contributed by atoms with Crippen molar-refractivity contribution in [2.45, 2.75) is 4.90 Å². The average molecular weight is 558 g/mol. The zero-order valence-electron chi connectivity index (χ0n) is 17.5. The van der Waals surface area contributed by atoms with Crippen LogP contribution >= 0.6 is 27.5 Å². The van der Waals surface area contributed by atoms with Crippen molar-refractivity contribution in [3.8, 4) is 11.5 Å². The average Bonchev–Trinajstić information content (AvgIpc) is 2.78. The number of carbonyl (C=O) groups excluding carboxylic acids is 1. The maximum Gasteiger partial charge on any atom is 0.264 e. The van der Waals surface area contributed by atoms with E-state index in [1.807, 2.05) is 0 Å². The molecule has 0 aliphatic rings. The lowest BCUT2D eigenvalue weighted by Gasteiger charge is -2.25. The van der Waals surface area contributed by atoms with Crippen molar-refractivity contribution in [3.63, 3.8) is 0 Å². The largest absolute Gasteiger partial charge is 0.493 e. The first-order chi connectivity index (χ1) is 15.6. The lowest BCUT2D eigenvalue weighted by molar-refractivity contribution is -0.114. The minimum atomic E-state index is -4.29. The molecular formula is C22H19BrClFN2O5S. The Labute approximate surface area is 204 Å². The van der Waals surface area contributed by atoms with Crippen LogP contribution in [-0.2, 0) is 14.8 Å². The standard InChI is InChI=1S/C22H19BrClFN2O5S/c1-31-20-9-7-17(12-21(20)32-2)33(29,30)27(16-6-8-19(25)18(24)11-16)13-22(28)26-15-5-3-4-14(23)10-15/h3-12H,13H2,1-2H3,(H,26,28). The van der Waals surface area contributed by atoms with Gasteiger partial charge in [0.1, 0.15) is 12.4 Å². The van der Waals surface area contributed by atoms with Crippen LogP contribution in [-0.4, -0.2) is 35.1 Å². The Hall–Kier alpha value is -2.82. The molecule has 7 nitrogen and oxygen atoms in total. The van der Waals surface area contributed by atoms with Gasteiger partial charge in [-0.15, -0.1) is 0 Å². The maximum absolute atomic E-state index is 13.7. The molecule has 3 aromatic carbocycles. The fourth-order valence-corrected chi connectivity index (χ4v) is 4.96. The Morgan fingerprint density at radius 1 is 1.06 bits per heavy atom. The first kappa shape index (κ1) is 24.8. The van der Waals surface area contributed by atoms with Crippen molar-refractivity contribution in [3.05, 3.63) is 76.0 Å². The number of ether oxygens (including phenoxy) is 2. The van der Waals surface area contributed by atoms with Gasteiger partial charge in [-0.1, -0.05) is 33.6 Å². The molecule has 0 spiro atoms. The predicted molar refractivity (Wildman–Crippen MR) is 128 cm³/mol. The number of nitrogens with zero attached hydrogens (tertiary/aromatic N) is 1. The summed E-state index contributed by atoms with van der Waals surface area (Å²) in [6.07, 6.45) is 0. The number of nitrogens with one attached hydrogen (secondary N) is 1. The normalized spacial score (nSPS) is 11.1. The van der Waals surface area contributed by atoms with E-state index in [1.54, 1.807) is 24.3 Å². The highest BCUT2D eigenvalue weighted by Crippen LogP contribution is 2.33. The van der Waals surface area contributed by atoms with Crippen LogP contribution in [0.15, 0.2) is 70.0 Å². The Kier molecular flexibility index (Phi) is 7.83. The summed E-state index contributed by atoms with van der Waals surface area (Å²) in [5, 5.41) is 2.36. The molecule has 0 fully saturated rings. The van der Waals surface area contributed by atoms with Crippen molar-refractivity contribution in [1.82, 2.24) is 0 Å². The molecule has 0 heterocycles. The molecule has 0 saturated heterocycles. The van der Waals surface area contributed by atoms with Gasteiger partial charge in [0, 0.05) is 16.2 Å². The Morgan fingerprint density at radius 3 is 2.42 bits per heavy atom. The second kappa shape index (κ2) is 10.4. The van der Waals surface area contributed by atoms with E-state index in [-0.39, 0.29) is 21.4 Å². The predicted octanol–water partition coefficient (Wildman–Crippen LogP) is 5.09. The Balaban J connectivity index is 2.02. The van der Waals surface area contributed by atoms with Gasteiger partial charge in [0.2, 0.25) is 5.91 Å². The number of carbonyl (C=O) groups is 1. The molecule has 0 aromatic heterocycles. The summed E-state index contributed by atoms with van der Waals surface area (Å²) in [5.41, 5.74) is 0.482. The summed E-state index contributed by atoms with van der Waals surface area (Å²) in [4.78, 5) is 12.6. The second-order valence-electron chi connectivity index (χ2n) is 6.69. The van der Waals surface area contributed by atoms with Gasteiger partial charge in [-0.3, -0.25) is 9.10 Å². The fourth-order valence-electron chi connectivity index (χ4n) is 2.96. The van der Waals surface area contributed by atoms with E-state index >= 15 is 0 Å². The molecule has 174 valence electrons. The molecule has 0 radical (unpaired) electrons. The molecule has 1 N–H and O–H groups in total. The highest BCUT2D eigenvalue weighted by molar-refractivity contribution is 9.10. The number of hydrogen-bond acceptors (Lipinski definition) is 5. The van der Waals surface area contributed by atoms with E-state index in [0.29, 0.717) is 11.4 Å². The summed E-state index contributed by atoms with van der Waals surface area (Å²) in [5.74, 6) is -0.811. The van der Waals surface area contributed by atoms with Crippen LogP contribution in [0.2, 0.25) is 5.02 Å². The number of halogens is 3. The number of benzene rings is 3. The number of sulfonamides is 1. The minimum absolute atomic E-state index is 0.0144. The molecule has 0 aliphatic heterocycles. The quantitative estimate of drug-likeness (QED) is 0.417. The van der Waals surface area contributed by atoms with E-state index in [2.05, 4.69) is 21.2 Å². The van der Waals surface area contributed by atoms with Crippen LogP contribution in [0.25, 0.3) is 0 Å². The Bertz CT molecular complexity index is 1290. The molecule has 0 bridgehead atoms. The van der Waals surface area contributed by atoms with Crippen LogP contribution in [0.3, 0.4) is 0 Å². The number of methoxy groups -OCH3 is 2. The van der Waals surface area contributed by atoms with Crippen molar-refractivity contribution in [2.75, 3.05) is 30.4 Å². The van der Waals surface area contributed by atoms with Gasteiger partial charge in [0.05, 0.1) is 29.8 Å². The zero-order chi connectivity index (χ0) is 24.2. The van der Waals surface area contributed by atoms with E-state index in [4.69, 9.17) is 21.1 Å². The van der Waals surface area contributed by atoms with Gasteiger partial charge < -0.3 is 14.8 Å². The summed E-state index contributed by atoms with van der Waals surface area (Å²) in [6.45, 7) is -0.592. The van der Waals surface area contributed by atoms with Crippen LogP contribution in [0.4, 0.5) is 15.8 Å². The molecule has 0 atom stereocenters. The third-order valence-corrected chi connectivity index (χ3v) is 7.08. The van der Waals surface area contributed by atoms with Gasteiger partial charge >= 0.3 is 0 Å². The smallest absolute Gasteiger partial charge is 0.264 e. The van der Waals surface area contributed by atoms with Crippen molar-refractivity contribution >= 4 is 54.8 Å². The van der Waals surface area contributed by atoms with Gasteiger partial charge in [-0.05, 0) is 48.5 Å². The molecule has 1 amide bonds.